The second-order valence-corrected chi connectivity index (χ2v) is 8.33. The van der Waals surface area contributed by atoms with Gasteiger partial charge in [0.05, 0.1) is 18.1 Å². The van der Waals surface area contributed by atoms with Gasteiger partial charge in [0.15, 0.2) is 11.2 Å². The molecule has 31 heavy (non-hydrogen) atoms. The van der Waals surface area contributed by atoms with Crippen LogP contribution < -0.4 is 11.2 Å². The molecule has 1 atom stereocenters. The Labute approximate surface area is 180 Å². The molecule has 6 nitrogen and oxygen atoms in total. The van der Waals surface area contributed by atoms with Crippen LogP contribution in [0.3, 0.4) is 0 Å². The number of aromatic nitrogens is 4. The van der Waals surface area contributed by atoms with Gasteiger partial charge in [-0.15, -0.1) is 0 Å². The average Bonchev–Trinajstić information content (AvgIpc) is 3.26. The van der Waals surface area contributed by atoms with Crippen molar-refractivity contribution in [1.29, 1.82) is 0 Å². The summed E-state index contributed by atoms with van der Waals surface area (Å²) in [4.78, 5) is 31.9. The van der Waals surface area contributed by atoms with Crippen LogP contribution in [0, 0.1) is 0 Å². The van der Waals surface area contributed by atoms with Crippen molar-refractivity contribution >= 4 is 11.2 Å². The molecular formula is C25H26N4O2. The smallest absolute Gasteiger partial charge is 0.317 e. The highest BCUT2D eigenvalue weighted by molar-refractivity contribution is 5.73. The van der Waals surface area contributed by atoms with Gasteiger partial charge in [0, 0.05) is 6.04 Å². The van der Waals surface area contributed by atoms with Gasteiger partial charge in [-0.25, -0.2) is 14.3 Å². The van der Waals surface area contributed by atoms with Crippen LogP contribution >= 0.6 is 0 Å². The molecule has 2 aromatic heterocycles. The van der Waals surface area contributed by atoms with Gasteiger partial charge in [-0.1, -0.05) is 67.8 Å². The summed E-state index contributed by atoms with van der Waals surface area (Å²) in [5, 5.41) is 0. The lowest BCUT2D eigenvalue weighted by Gasteiger charge is -2.24. The second-order valence-electron chi connectivity index (χ2n) is 8.33. The fourth-order valence-electron chi connectivity index (χ4n) is 4.78. The predicted octanol–water partition coefficient (Wildman–Crippen LogP) is 4.46. The molecular weight excluding hydrogens is 388 g/mol. The molecule has 0 unspecified atom stereocenters. The number of nitrogens with zero attached hydrogens (tertiary/aromatic N) is 4. The third kappa shape index (κ3) is 3.32. The summed E-state index contributed by atoms with van der Waals surface area (Å²) in [6.45, 7) is 2.05. The van der Waals surface area contributed by atoms with E-state index in [-0.39, 0.29) is 23.3 Å². The van der Waals surface area contributed by atoms with Crippen LogP contribution in [0.15, 0.2) is 76.6 Å². The van der Waals surface area contributed by atoms with E-state index in [0.717, 1.165) is 43.4 Å². The summed E-state index contributed by atoms with van der Waals surface area (Å²) in [6.07, 6.45) is 6.64. The van der Waals surface area contributed by atoms with Gasteiger partial charge in [-0.05, 0) is 37.5 Å². The zero-order valence-electron chi connectivity index (χ0n) is 17.6. The van der Waals surface area contributed by atoms with Gasteiger partial charge < -0.3 is 4.57 Å². The highest BCUT2D eigenvalue weighted by Gasteiger charge is 2.26. The summed E-state index contributed by atoms with van der Waals surface area (Å²) in [5.41, 5.74) is 2.16. The quantitative estimate of drug-likeness (QED) is 0.495. The van der Waals surface area contributed by atoms with E-state index in [0.29, 0.717) is 11.2 Å². The molecule has 0 radical (unpaired) electrons. The fraction of sp³-hybridized carbons (Fsp3) is 0.320. The SMILES string of the molecule is C[C@@H](c1ccccc1)n1cnc2c1c(=O)n(C1CCCCC1)c(=O)n2-c1ccccc1. The molecule has 1 saturated carbocycles. The third-order valence-electron chi connectivity index (χ3n) is 6.46. The molecule has 4 aromatic rings. The minimum absolute atomic E-state index is 0.0662. The molecule has 6 heteroatoms. The fourth-order valence-corrected chi connectivity index (χ4v) is 4.78. The molecule has 2 heterocycles. The molecule has 0 saturated heterocycles. The molecule has 2 aromatic carbocycles. The Morgan fingerprint density at radius 3 is 2.23 bits per heavy atom. The van der Waals surface area contributed by atoms with Gasteiger partial charge in [0.25, 0.3) is 5.56 Å². The largest absolute Gasteiger partial charge is 0.337 e. The number of hydrogen-bond donors (Lipinski definition) is 0. The van der Waals surface area contributed by atoms with Crippen molar-refractivity contribution in [3.63, 3.8) is 0 Å². The van der Waals surface area contributed by atoms with Crippen molar-refractivity contribution in [1.82, 2.24) is 18.7 Å². The maximum atomic E-state index is 13.7. The zero-order chi connectivity index (χ0) is 21.4. The van der Waals surface area contributed by atoms with Crippen molar-refractivity contribution in [2.45, 2.75) is 51.1 Å². The van der Waals surface area contributed by atoms with Crippen LogP contribution in [0.1, 0.15) is 56.7 Å². The lowest BCUT2D eigenvalue weighted by Crippen LogP contribution is -2.43. The van der Waals surface area contributed by atoms with E-state index >= 15 is 0 Å². The van der Waals surface area contributed by atoms with Gasteiger partial charge in [0.2, 0.25) is 0 Å². The maximum absolute atomic E-state index is 13.7. The first kappa shape index (κ1) is 19.5. The summed E-state index contributed by atoms with van der Waals surface area (Å²) < 4.78 is 5.00. The van der Waals surface area contributed by atoms with Gasteiger partial charge in [-0.2, -0.15) is 0 Å². The van der Waals surface area contributed by atoms with E-state index in [1.165, 1.54) is 4.57 Å². The molecule has 1 aliphatic carbocycles. The van der Waals surface area contributed by atoms with Crippen molar-refractivity contribution in [2.24, 2.45) is 0 Å². The summed E-state index contributed by atoms with van der Waals surface area (Å²) in [6, 6.07) is 19.4. The van der Waals surface area contributed by atoms with E-state index in [4.69, 9.17) is 0 Å². The van der Waals surface area contributed by atoms with Crippen LogP contribution in [0.5, 0.6) is 0 Å². The molecule has 0 aliphatic heterocycles. The first-order valence-electron chi connectivity index (χ1n) is 11.0. The Bertz CT molecular complexity index is 1310. The van der Waals surface area contributed by atoms with Crippen molar-refractivity contribution < 1.29 is 0 Å². The summed E-state index contributed by atoms with van der Waals surface area (Å²) >= 11 is 0. The minimum Gasteiger partial charge on any atom is -0.317 e. The Morgan fingerprint density at radius 1 is 0.903 bits per heavy atom. The highest BCUT2D eigenvalue weighted by Crippen LogP contribution is 2.27. The van der Waals surface area contributed by atoms with E-state index < -0.39 is 0 Å². The molecule has 1 fully saturated rings. The molecule has 1 aliphatic rings. The molecule has 0 N–H and O–H groups in total. The number of rotatable bonds is 4. The standard InChI is InChI=1S/C25H26N4O2/c1-18(19-11-5-2-6-12-19)27-17-26-23-22(27)24(30)29(21-15-9-4-10-16-21)25(31)28(23)20-13-7-3-8-14-20/h2-3,5-8,11-14,17-18,21H,4,9-10,15-16H2,1H3/t18-/m0/s1. The van der Waals surface area contributed by atoms with E-state index in [2.05, 4.69) is 11.9 Å². The topological polar surface area (TPSA) is 61.8 Å². The molecule has 0 amide bonds. The third-order valence-corrected chi connectivity index (χ3v) is 6.46. The van der Waals surface area contributed by atoms with Gasteiger partial charge >= 0.3 is 5.69 Å². The Morgan fingerprint density at radius 2 is 1.55 bits per heavy atom. The maximum Gasteiger partial charge on any atom is 0.337 e. The number of imidazole rings is 1. The highest BCUT2D eigenvalue weighted by atomic mass is 16.2. The first-order valence-corrected chi connectivity index (χ1v) is 11.0. The molecule has 158 valence electrons. The lowest BCUT2D eigenvalue weighted by atomic mass is 9.95. The first-order chi connectivity index (χ1) is 15.2. The number of para-hydroxylation sites is 1. The minimum atomic E-state index is -0.298. The van der Waals surface area contributed by atoms with Crippen LogP contribution in [0.4, 0.5) is 0 Å². The Balaban J connectivity index is 1.81. The van der Waals surface area contributed by atoms with Crippen LogP contribution in [0.2, 0.25) is 0 Å². The monoisotopic (exact) mass is 414 g/mol. The van der Waals surface area contributed by atoms with Gasteiger partial charge in [-0.3, -0.25) is 9.36 Å². The normalized spacial score (nSPS) is 15.9. The van der Waals surface area contributed by atoms with Crippen LogP contribution in [-0.2, 0) is 0 Å². The van der Waals surface area contributed by atoms with Crippen molar-refractivity contribution in [3.05, 3.63) is 93.4 Å². The Hall–Kier alpha value is -3.41. The van der Waals surface area contributed by atoms with E-state index in [1.807, 2.05) is 65.2 Å². The van der Waals surface area contributed by atoms with Gasteiger partial charge in [0.1, 0.15) is 0 Å². The summed E-state index contributed by atoms with van der Waals surface area (Å²) in [5.74, 6) is 0. The number of fused-ring (bicyclic) bond motifs is 1. The van der Waals surface area contributed by atoms with Crippen LogP contribution in [0.25, 0.3) is 16.9 Å². The molecule has 0 spiro atoms. The predicted molar refractivity (Wildman–Crippen MR) is 122 cm³/mol. The van der Waals surface area contributed by atoms with Crippen molar-refractivity contribution in [2.75, 3.05) is 0 Å². The average molecular weight is 415 g/mol. The lowest BCUT2D eigenvalue weighted by molar-refractivity contribution is 0.335. The molecule has 0 bridgehead atoms. The van der Waals surface area contributed by atoms with E-state index in [1.54, 1.807) is 10.9 Å². The van der Waals surface area contributed by atoms with E-state index in [9.17, 15) is 9.59 Å². The second kappa shape index (κ2) is 8.02. The number of benzene rings is 2. The van der Waals surface area contributed by atoms with Crippen molar-refractivity contribution in [3.8, 4) is 5.69 Å². The Kier molecular flexibility index (Phi) is 5.06. The van der Waals surface area contributed by atoms with Crippen LogP contribution in [-0.4, -0.2) is 18.7 Å². The summed E-state index contributed by atoms with van der Waals surface area (Å²) in [7, 11) is 0. The zero-order valence-corrected chi connectivity index (χ0v) is 17.6. The number of hydrogen-bond acceptors (Lipinski definition) is 3. The molecule has 5 rings (SSSR count).